The van der Waals surface area contributed by atoms with E-state index in [1.54, 1.807) is 0 Å². The molecule has 2 unspecified atom stereocenters. The molecule has 2 rings (SSSR count). The third-order valence-corrected chi connectivity index (χ3v) is 4.59. The highest BCUT2D eigenvalue weighted by molar-refractivity contribution is 8.76. The van der Waals surface area contributed by atoms with Crippen molar-refractivity contribution in [1.82, 2.24) is 10.6 Å². The Balaban J connectivity index is 1.59. The summed E-state index contributed by atoms with van der Waals surface area (Å²) in [6.45, 7) is 0.370. The zero-order valence-corrected chi connectivity index (χ0v) is 10.3. The number of nitrogens with one attached hydrogen (secondary N) is 2. The van der Waals surface area contributed by atoms with Crippen LogP contribution in [0.5, 0.6) is 0 Å². The van der Waals surface area contributed by atoms with Crippen LogP contribution in [0.2, 0.25) is 0 Å². The molecule has 2 saturated heterocycles. The van der Waals surface area contributed by atoms with Gasteiger partial charge in [0.05, 0.1) is 6.04 Å². The van der Waals surface area contributed by atoms with Crippen molar-refractivity contribution >= 4 is 39.7 Å². The summed E-state index contributed by atoms with van der Waals surface area (Å²) in [7, 11) is 2.94. The smallest absolute Gasteiger partial charge is 0.415 e. The van der Waals surface area contributed by atoms with Crippen LogP contribution in [-0.4, -0.2) is 48.4 Å². The van der Waals surface area contributed by atoms with Crippen molar-refractivity contribution in [1.29, 1.82) is 0 Å². The quantitative estimate of drug-likeness (QED) is 0.319. The van der Waals surface area contributed by atoms with Crippen LogP contribution >= 0.6 is 21.6 Å². The number of hydrogen-bond acceptors (Lipinski definition) is 7. The molecule has 2 N–H and O–H groups in total. The summed E-state index contributed by atoms with van der Waals surface area (Å²) in [5, 5.41) is 5.04. The van der Waals surface area contributed by atoms with Crippen molar-refractivity contribution in [3.8, 4) is 0 Å². The highest BCUT2D eigenvalue weighted by Crippen LogP contribution is 2.24. The Bertz CT molecular complexity index is 351. The molecule has 0 saturated carbocycles. The topological polar surface area (TPSA) is 93.7 Å². The van der Waals surface area contributed by atoms with Crippen LogP contribution in [0.3, 0.4) is 0 Å². The fourth-order valence-electron chi connectivity index (χ4n) is 1.27. The second kappa shape index (κ2) is 5.50. The van der Waals surface area contributed by atoms with Gasteiger partial charge in [-0.05, 0) is 0 Å². The average molecular weight is 278 g/mol. The SMILES string of the molecule is O=C1NC(CSSCC2NC(=O)OC2=O)CO1. The van der Waals surface area contributed by atoms with E-state index < -0.39 is 24.2 Å². The van der Waals surface area contributed by atoms with Crippen molar-refractivity contribution in [3.05, 3.63) is 0 Å². The molecular formula is C8H10N2O5S2. The highest BCUT2D eigenvalue weighted by Gasteiger charge is 2.32. The minimum absolute atomic E-state index is 0.00474. The first-order valence-corrected chi connectivity index (χ1v) is 7.34. The molecule has 2 fully saturated rings. The predicted octanol–water partition coefficient (Wildman–Crippen LogP) is 0.111. The monoisotopic (exact) mass is 278 g/mol. The molecule has 2 amide bonds. The lowest BCUT2D eigenvalue weighted by Gasteiger charge is -2.07. The molecule has 17 heavy (non-hydrogen) atoms. The van der Waals surface area contributed by atoms with E-state index >= 15 is 0 Å². The maximum Gasteiger partial charge on any atom is 0.415 e. The lowest BCUT2D eigenvalue weighted by molar-refractivity contribution is -0.134. The summed E-state index contributed by atoms with van der Waals surface area (Å²) in [5.41, 5.74) is 0. The molecule has 2 heterocycles. The fourth-order valence-corrected chi connectivity index (χ4v) is 3.64. The predicted molar refractivity (Wildman–Crippen MR) is 61.6 cm³/mol. The summed E-state index contributed by atoms with van der Waals surface area (Å²) in [6.07, 6.45) is -1.09. The number of cyclic esters (lactones) is 3. The van der Waals surface area contributed by atoms with Gasteiger partial charge in [-0.2, -0.15) is 0 Å². The average Bonchev–Trinajstić information content (AvgIpc) is 2.81. The van der Waals surface area contributed by atoms with E-state index in [0.29, 0.717) is 18.1 Å². The molecule has 0 aromatic heterocycles. The summed E-state index contributed by atoms with van der Waals surface area (Å²) in [4.78, 5) is 32.5. The minimum atomic E-state index is -0.693. The summed E-state index contributed by atoms with van der Waals surface area (Å²) < 4.78 is 9.05. The van der Waals surface area contributed by atoms with Crippen molar-refractivity contribution in [2.75, 3.05) is 18.1 Å². The van der Waals surface area contributed by atoms with Crippen molar-refractivity contribution < 1.29 is 23.9 Å². The van der Waals surface area contributed by atoms with Gasteiger partial charge in [0.2, 0.25) is 0 Å². The molecule has 0 radical (unpaired) electrons. The van der Waals surface area contributed by atoms with Crippen LogP contribution < -0.4 is 10.6 Å². The largest absolute Gasteiger partial charge is 0.447 e. The van der Waals surface area contributed by atoms with Crippen LogP contribution in [0.25, 0.3) is 0 Å². The van der Waals surface area contributed by atoms with E-state index in [1.807, 2.05) is 0 Å². The van der Waals surface area contributed by atoms with Crippen molar-refractivity contribution in [2.45, 2.75) is 12.1 Å². The number of alkyl carbamates (subject to hydrolysis) is 2. The van der Waals surface area contributed by atoms with E-state index in [0.717, 1.165) is 0 Å². The maximum atomic E-state index is 11.1. The lowest BCUT2D eigenvalue weighted by atomic mass is 10.4. The second-order valence-corrected chi connectivity index (χ2v) is 5.97. The molecular weight excluding hydrogens is 268 g/mol. The van der Waals surface area contributed by atoms with E-state index in [9.17, 15) is 14.4 Å². The Morgan fingerprint density at radius 3 is 2.47 bits per heavy atom. The van der Waals surface area contributed by atoms with E-state index in [2.05, 4.69) is 15.4 Å². The van der Waals surface area contributed by atoms with Gasteiger partial charge in [0.25, 0.3) is 0 Å². The first-order chi connectivity index (χ1) is 8.15. The standard InChI is InChI=1S/C8H10N2O5S2/c11-6-5(10-8(13)15-6)3-17-16-2-4-1-14-7(12)9-4/h4-5H,1-3H2,(H,9,12)(H,10,13). The first kappa shape index (κ1) is 12.4. The highest BCUT2D eigenvalue weighted by atomic mass is 33.1. The Morgan fingerprint density at radius 1 is 1.12 bits per heavy atom. The third kappa shape index (κ3) is 3.43. The number of carbonyl (C=O) groups excluding carboxylic acids is 3. The molecule has 0 aromatic carbocycles. The number of carbonyl (C=O) groups is 3. The number of rotatable bonds is 5. The molecule has 0 bridgehead atoms. The molecule has 94 valence electrons. The van der Waals surface area contributed by atoms with Crippen molar-refractivity contribution in [2.24, 2.45) is 0 Å². The number of hydrogen-bond donors (Lipinski definition) is 2. The van der Waals surface area contributed by atoms with Crippen LogP contribution in [0.1, 0.15) is 0 Å². The molecule has 2 aliphatic heterocycles. The van der Waals surface area contributed by atoms with Crippen LogP contribution in [0.15, 0.2) is 0 Å². The number of ether oxygens (including phenoxy) is 2. The normalized spacial score (nSPS) is 27.4. The second-order valence-electron chi connectivity index (χ2n) is 3.41. The summed E-state index contributed by atoms with van der Waals surface area (Å²) in [6, 6.07) is -0.570. The Morgan fingerprint density at radius 2 is 1.88 bits per heavy atom. The Kier molecular flexibility index (Phi) is 4.00. The molecule has 0 aromatic rings. The summed E-state index contributed by atoms with van der Waals surface area (Å²) in [5.74, 6) is 0.587. The molecule has 2 atom stereocenters. The maximum absolute atomic E-state index is 11.1. The lowest BCUT2D eigenvalue weighted by Crippen LogP contribution is -2.31. The van der Waals surface area contributed by atoms with Gasteiger partial charge in [0.1, 0.15) is 12.6 Å². The van der Waals surface area contributed by atoms with Gasteiger partial charge in [-0.3, -0.25) is 0 Å². The zero-order valence-electron chi connectivity index (χ0n) is 8.63. The Labute approximate surface area is 105 Å². The Hall–Kier alpha value is -1.09. The first-order valence-electron chi connectivity index (χ1n) is 4.85. The number of amides is 2. The minimum Gasteiger partial charge on any atom is -0.447 e. The van der Waals surface area contributed by atoms with Gasteiger partial charge >= 0.3 is 18.2 Å². The van der Waals surface area contributed by atoms with Gasteiger partial charge in [0.15, 0.2) is 0 Å². The molecule has 2 aliphatic rings. The third-order valence-electron chi connectivity index (χ3n) is 2.09. The number of esters is 1. The van der Waals surface area contributed by atoms with Gasteiger partial charge in [-0.25, -0.2) is 14.4 Å². The fraction of sp³-hybridized carbons (Fsp3) is 0.625. The van der Waals surface area contributed by atoms with E-state index in [4.69, 9.17) is 4.74 Å². The van der Waals surface area contributed by atoms with Gasteiger partial charge in [0, 0.05) is 11.5 Å². The molecule has 9 heteroatoms. The van der Waals surface area contributed by atoms with Gasteiger partial charge in [-0.15, -0.1) is 0 Å². The van der Waals surface area contributed by atoms with Crippen molar-refractivity contribution in [3.63, 3.8) is 0 Å². The molecule has 7 nitrogen and oxygen atoms in total. The van der Waals surface area contributed by atoms with Crippen LogP contribution in [-0.2, 0) is 14.3 Å². The van der Waals surface area contributed by atoms with Gasteiger partial charge in [-0.1, -0.05) is 21.6 Å². The molecule has 0 spiro atoms. The molecule has 0 aliphatic carbocycles. The summed E-state index contributed by atoms with van der Waals surface area (Å²) >= 11 is 0. The van der Waals surface area contributed by atoms with Crippen LogP contribution in [0, 0.1) is 0 Å². The zero-order chi connectivity index (χ0) is 12.3. The van der Waals surface area contributed by atoms with Crippen LogP contribution in [0.4, 0.5) is 9.59 Å². The van der Waals surface area contributed by atoms with E-state index in [-0.39, 0.29) is 6.04 Å². The van der Waals surface area contributed by atoms with E-state index in [1.165, 1.54) is 21.6 Å². The van der Waals surface area contributed by atoms with Gasteiger partial charge < -0.3 is 20.1 Å².